The van der Waals surface area contributed by atoms with Crippen molar-refractivity contribution in [3.8, 4) is 10.4 Å². The standard InChI is InChI=1S/C18H18ClN3O2S/c1-11(2)8-20-16(23)9-22-10-21-14-7-15(25-17(14)18(22)24)12-3-5-13(19)6-4-12/h3-7,10-11H,8-9H2,1-2H3,(H,20,23). The van der Waals surface area contributed by atoms with Gasteiger partial charge in [0.1, 0.15) is 11.2 Å². The number of aromatic nitrogens is 2. The second kappa shape index (κ2) is 7.37. The summed E-state index contributed by atoms with van der Waals surface area (Å²) < 4.78 is 1.89. The van der Waals surface area contributed by atoms with Gasteiger partial charge in [0.25, 0.3) is 5.56 Å². The van der Waals surface area contributed by atoms with Gasteiger partial charge < -0.3 is 5.32 Å². The lowest BCUT2D eigenvalue weighted by Crippen LogP contribution is -2.34. The summed E-state index contributed by atoms with van der Waals surface area (Å²) in [7, 11) is 0. The summed E-state index contributed by atoms with van der Waals surface area (Å²) in [6.45, 7) is 4.60. The third-order valence-corrected chi connectivity index (χ3v) is 5.07. The number of nitrogens with one attached hydrogen (secondary N) is 1. The average molecular weight is 376 g/mol. The molecule has 2 heterocycles. The molecule has 0 fully saturated rings. The molecule has 0 saturated heterocycles. The first-order valence-electron chi connectivity index (χ1n) is 7.95. The highest BCUT2D eigenvalue weighted by atomic mass is 35.5. The number of carbonyl (C=O) groups excluding carboxylic acids is 1. The molecule has 1 N–H and O–H groups in total. The zero-order valence-corrected chi connectivity index (χ0v) is 15.5. The molecule has 7 heteroatoms. The van der Waals surface area contributed by atoms with Crippen molar-refractivity contribution >= 4 is 39.1 Å². The Morgan fingerprint density at radius 1 is 1.32 bits per heavy atom. The molecular weight excluding hydrogens is 358 g/mol. The van der Waals surface area contributed by atoms with Gasteiger partial charge in [0.05, 0.1) is 11.8 Å². The number of carbonyl (C=O) groups is 1. The molecule has 0 radical (unpaired) electrons. The van der Waals surface area contributed by atoms with Crippen LogP contribution in [-0.4, -0.2) is 22.0 Å². The van der Waals surface area contributed by atoms with Crippen LogP contribution in [0.25, 0.3) is 20.7 Å². The smallest absolute Gasteiger partial charge is 0.271 e. The minimum atomic E-state index is -0.199. The largest absolute Gasteiger partial charge is 0.354 e. The molecule has 130 valence electrons. The molecule has 1 aromatic carbocycles. The van der Waals surface area contributed by atoms with Crippen LogP contribution in [0.1, 0.15) is 13.8 Å². The molecule has 0 aliphatic rings. The van der Waals surface area contributed by atoms with Gasteiger partial charge in [-0.1, -0.05) is 37.6 Å². The van der Waals surface area contributed by atoms with Crippen molar-refractivity contribution in [2.24, 2.45) is 5.92 Å². The van der Waals surface area contributed by atoms with Crippen molar-refractivity contribution in [3.63, 3.8) is 0 Å². The average Bonchev–Trinajstić information content (AvgIpc) is 3.01. The molecule has 0 unspecified atom stereocenters. The molecule has 0 atom stereocenters. The van der Waals surface area contributed by atoms with Crippen LogP contribution in [0.4, 0.5) is 0 Å². The minimum Gasteiger partial charge on any atom is -0.354 e. The van der Waals surface area contributed by atoms with Gasteiger partial charge in [-0.2, -0.15) is 0 Å². The lowest BCUT2D eigenvalue weighted by atomic mass is 10.2. The van der Waals surface area contributed by atoms with E-state index in [2.05, 4.69) is 10.3 Å². The lowest BCUT2D eigenvalue weighted by Gasteiger charge is -2.08. The highest BCUT2D eigenvalue weighted by Crippen LogP contribution is 2.31. The van der Waals surface area contributed by atoms with Crippen LogP contribution in [0.5, 0.6) is 0 Å². The van der Waals surface area contributed by atoms with Crippen molar-refractivity contribution in [2.45, 2.75) is 20.4 Å². The topological polar surface area (TPSA) is 64.0 Å². The first kappa shape index (κ1) is 17.6. The number of hydrogen-bond donors (Lipinski definition) is 1. The Morgan fingerprint density at radius 2 is 2.04 bits per heavy atom. The normalized spacial score (nSPS) is 11.2. The first-order chi connectivity index (χ1) is 11.9. The monoisotopic (exact) mass is 375 g/mol. The van der Waals surface area contributed by atoms with Crippen molar-refractivity contribution in [3.05, 3.63) is 52.0 Å². The molecule has 25 heavy (non-hydrogen) atoms. The quantitative estimate of drug-likeness (QED) is 0.741. The van der Waals surface area contributed by atoms with Gasteiger partial charge in [0.2, 0.25) is 5.91 Å². The molecule has 0 spiro atoms. The maximum Gasteiger partial charge on any atom is 0.271 e. The number of amides is 1. The van der Waals surface area contributed by atoms with Gasteiger partial charge in [0.15, 0.2) is 0 Å². The molecule has 0 aliphatic carbocycles. The highest BCUT2D eigenvalue weighted by Gasteiger charge is 2.12. The Bertz CT molecular complexity index is 961. The summed E-state index contributed by atoms with van der Waals surface area (Å²) in [5.74, 6) is 0.173. The van der Waals surface area contributed by atoms with E-state index in [9.17, 15) is 9.59 Å². The Kier molecular flexibility index (Phi) is 5.20. The third-order valence-electron chi connectivity index (χ3n) is 3.65. The molecule has 0 saturated carbocycles. The fraction of sp³-hybridized carbons (Fsp3) is 0.278. The van der Waals surface area contributed by atoms with Crippen LogP contribution in [0, 0.1) is 5.92 Å². The number of halogens is 1. The highest BCUT2D eigenvalue weighted by molar-refractivity contribution is 7.22. The summed E-state index contributed by atoms with van der Waals surface area (Å²) >= 11 is 7.29. The van der Waals surface area contributed by atoms with Gasteiger partial charge in [-0.3, -0.25) is 14.2 Å². The van der Waals surface area contributed by atoms with Crippen LogP contribution < -0.4 is 10.9 Å². The number of nitrogens with zero attached hydrogens (tertiary/aromatic N) is 2. The number of rotatable bonds is 5. The van der Waals surface area contributed by atoms with Gasteiger partial charge >= 0.3 is 0 Å². The van der Waals surface area contributed by atoms with E-state index in [1.807, 2.05) is 44.2 Å². The SMILES string of the molecule is CC(C)CNC(=O)Cn1cnc2cc(-c3ccc(Cl)cc3)sc2c1=O. The predicted molar refractivity (Wildman–Crippen MR) is 102 cm³/mol. The molecule has 3 rings (SSSR count). The van der Waals surface area contributed by atoms with E-state index in [1.165, 1.54) is 22.2 Å². The van der Waals surface area contributed by atoms with Crippen LogP contribution in [0.15, 0.2) is 41.5 Å². The fourth-order valence-corrected chi connectivity index (χ4v) is 3.53. The van der Waals surface area contributed by atoms with Crippen LogP contribution in [0.3, 0.4) is 0 Å². The van der Waals surface area contributed by atoms with Gasteiger partial charge in [0, 0.05) is 16.4 Å². The van der Waals surface area contributed by atoms with Crippen molar-refractivity contribution in [2.75, 3.05) is 6.54 Å². The number of thiophene rings is 1. The summed E-state index contributed by atoms with van der Waals surface area (Å²) in [5.41, 5.74) is 1.42. The summed E-state index contributed by atoms with van der Waals surface area (Å²) in [5, 5.41) is 3.47. The Morgan fingerprint density at radius 3 is 2.72 bits per heavy atom. The van der Waals surface area contributed by atoms with Crippen LogP contribution in [0.2, 0.25) is 5.02 Å². The Hall–Kier alpha value is -2.18. The maximum atomic E-state index is 12.6. The maximum absolute atomic E-state index is 12.6. The van der Waals surface area contributed by atoms with Gasteiger partial charge in [-0.05, 0) is 29.7 Å². The fourth-order valence-electron chi connectivity index (χ4n) is 2.34. The lowest BCUT2D eigenvalue weighted by molar-refractivity contribution is -0.121. The second-order valence-electron chi connectivity index (χ2n) is 6.21. The first-order valence-corrected chi connectivity index (χ1v) is 9.15. The summed E-state index contributed by atoms with van der Waals surface area (Å²) in [6.07, 6.45) is 1.43. The van der Waals surface area contributed by atoms with E-state index in [-0.39, 0.29) is 18.0 Å². The molecule has 1 amide bonds. The molecule has 0 aliphatic heterocycles. The van der Waals surface area contributed by atoms with E-state index in [1.54, 1.807) is 0 Å². The zero-order chi connectivity index (χ0) is 18.0. The molecule has 5 nitrogen and oxygen atoms in total. The second-order valence-corrected chi connectivity index (χ2v) is 7.70. The zero-order valence-electron chi connectivity index (χ0n) is 14.0. The Labute approximate surface area is 154 Å². The minimum absolute atomic E-state index is 0.0251. The van der Waals surface area contributed by atoms with E-state index < -0.39 is 0 Å². The van der Waals surface area contributed by atoms with Gasteiger partial charge in [-0.25, -0.2) is 4.98 Å². The van der Waals surface area contributed by atoms with Crippen LogP contribution >= 0.6 is 22.9 Å². The van der Waals surface area contributed by atoms with Crippen molar-refractivity contribution in [1.29, 1.82) is 0 Å². The number of benzene rings is 1. The van der Waals surface area contributed by atoms with E-state index in [0.717, 1.165) is 10.4 Å². The molecule has 2 aromatic heterocycles. The van der Waals surface area contributed by atoms with Crippen molar-refractivity contribution in [1.82, 2.24) is 14.9 Å². The third kappa shape index (κ3) is 4.08. The number of hydrogen-bond acceptors (Lipinski definition) is 4. The van der Waals surface area contributed by atoms with Crippen LogP contribution in [-0.2, 0) is 11.3 Å². The summed E-state index contributed by atoms with van der Waals surface area (Å²) in [6, 6.07) is 9.32. The molecule has 0 bridgehead atoms. The number of fused-ring (bicyclic) bond motifs is 1. The molecule has 3 aromatic rings. The Balaban J connectivity index is 1.88. The van der Waals surface area contributed by atoms with E-state index in [0.29, 0.717) is 27.7 Å². The van der Waals surface area contributed by atoms with Gasteiger partial charge in [-0.15, -0.1) is 11.3 Å². The molecular formula is C18H18ClN3O2S. The van der Waals surface area contributed by atoms with Crippen molar-refractivity contribution < 1.29 is 4.79 Å². The van der Waals surface area contributed by atoms with E-state index in [4.69, 9.17) is 11.6 Å². The summed E-state index contributed by atoms with van der Waals surface area (Å²) in [4.78, 5) is 29.9. The van der Waals surface area contributed by atoms with E-state index >= 15 is 0 Å². The predicted octanol–water partition coefficient (Wildman–Crippen LogP) is 3.55.